The highest BCUT2D eigenvalue weighted by Gasteiger charge is 2.28. The van der Waals surface area contributed by atoms with Crippen molar-refractivity contribution in [3.63, 3.8) is 0 Å². The molecule has 0 saturated heterocycles. The van der Waals surface area contributed by atoms with Gasteiger partial charge in [0.05, 0.1) is 36.4 Å². The zero-order chi connectivity index (χ0) is 25.1. The number of nitrogens with two attached hydrogens (primary N) is 1. The maximum atomic E-state index is 13.6. The molecule has 1 saturated carbocycles. The van der Waals surface area contributed by atoms with Crippen LogP contribution in [0, 0.1) is 12.8 Å². The molecule has 2 aromatic heterocycles. The van der Waals surface area contributed by atoms with E-state index in [2.05, 4.69) is 39.2 Å². The van der Waals surface area contributed by atoms with E-state index in [1.54, 1.807) is 13.3 Å². The second-order valence-corrected chi connectivity index (χ2v) is 11.1. The fourth-order valence-corrected chi connectivity index (χ4v) is 6.40. The van der Waals surface area contributed by atoms with Crippen LogP contribution in [0.2, 0.25) is 0 Å². The molecule has 2 atom stereocenters. The molecule has 3 heterocycles. The predicted molar refractivity (Wildman–Crippen MR) is 145 cm³/mol. The minimum Gasteiger partial charge on any atom is -0.497 e. The van der Waals surface area contributed by atoms with Crippen LogP contribution < -0.4 is 20.1 Å². The third kappa shape index (κ3) is 5.36. The van der Waals surface area contributed by atoms with Crippen LogP contribution in [0.4, 0.5) is 11.5 Å². The highest BCUT2D eigenvalue weighted by molar-refractivity contribution is 7.92. The summed E-state index contributed by atoms with van der Waals surface area (Å²) in [5, 5.41) is 8.87. The van der Waals surface area contributed by atoms with Gasteiger partial charge in [-0.1, -0.05) is 6.07 Å². The maximum absolute atomic E-state index is 13.6. The Morgan fingerprint density at radius 3 is 3.06 bits per heavy atom. The monoisotopic (exact) mass is 525 g/mol. The van der Waals surface area contributed by atoms with Crippen molar-refractivity contribution in [2.45, 2.75) is 45.2 Å². The van der Waals surface area contributed by atoms with Crippen LogP contribution in [0.15, 0.2) is 36.8 Å². The van der Waals surface area contributed by atoms with Crippen molar-refractivity contribution in [1.82, 2.24) is 9.97 Å². The fourth-order valence-electron chi connectivity index (χ4n) is 5.14. The number of thiophene rings is 1. The SMILES string of the molecule is COc1ccc2c(c1)N(Cc1cc(C(=O)c3cncnc3NC3CCC(COSN)C3)sc1C)CC2. The molecule has 0 spiro atoms. The van der Waals surface area contributed by atoms with Crippen molar-refractivity contribution in [1.29, 1.82) is 0 Å². The van der Waals surface area contributed by atoms with Crippen LogP contribution in [0.5, 0.6) is 5.75 Å². The Bertz CT molecular complexity index is 1230. The van der Waals surface area contributed by atoms with E-state index >= 15 is 0 Å². The molecule has 0 bridgehead atoms. The number of nitrogens with one attached hydrogen (secondary N) is 1. The summed E-state index contributed by atoms with van der Waals surface area (Å²) in [6.07, 6.45) is 7.16. The predicted octanol–water partition coefficient (Wildman–Crippen LogP) is 4.77. The Kier molecular flexibility index (Phi) is 7.76. The van der Waals surface area contributed by atoms with Gasteiger partial charge in [0.2, 0.25) is 5.78 Å². The van der Waals surface area contributed by atoms with E-state index in [9.17, 15) is 4.79 Å². The van der Waals surface area contributed by atoms with Gasteiger partial charge in [0, 0.05) is 42.0 Å². The number of rotatable bonds is 10. The van der Waals surface area contributed by atoms with Gasteiger partial charge in [0.1, 0.15) is 17.9 Å². The number of aromatic nitrogens is 2. The summed E-state index contributed by atoms with van der Waals surface area (Å²) in [6.45, 7) is 4.44. The van der Waals surface area contributed by atoms with Crippen LogP contribution in [0.3, 0.4) is 0 Å². The van der Waals surface area contributed by atoms with Gasteiger partial charge in [-0.25, -0.2) is 9.97 Å². The summed E-state index contributed by atoms with van der Waals surface area (Å²) in [6, 6.07) is 8.54. The number of hydrogen-bond acceptors (Lipinski definition) is 10. The first kappa shape index (κ1) is 25.0. The van der Waals surface area contributed by atoms with Gasteiger partial charge in [0.15, 0.2) is 0 Å². The van der Waals surface area contributed by atoms with E-state index in [1.807, 2.05) is 12.1 Å². The first-order chi connectivity index (χ1) is 17.6. The highest BCUT2D eigenvalue weighted by Crippen LogP contribution is 2.35. The van der Waals surface area contributed by atoms with Gasteiger partial charge in [-0.05, 0) is 61.8 Å². The topological polar surface area (TPSA) is 103 Å². The number of anilines is 2. The van der Waals surface area contributed by atoms with Gasteiger partial charge < -0.3 is 19.1 Å². The summed E-state index contributed by atoms with van der Waals surface area (Å²) < 4.78 is 10.7. The van der Waals surface area contributed by atoms with E-state index in [0.717, 1.165) is 61.6 Å². The quantitative estimate of drug-likeness (QED) is 0.220. The number of ether oxygens (including phenoxy) is 1. The number of benzene rings is 1. The third-order valence-corrected chi connectivity index (χ3v) is 8.46. The minimum absolute atomic E-state index is 0.0432. The molecule has 1 aliphatic carbocycles. The molecule has 1 aromatic carbocycles. The fraction of sp³-hybridized carbons (Fsp3) is 0.423. The molecule has 5 rings (SSSR count). The van der Waals surface area contributed by atoms with Crippen molar-refractivity contribution < 1.29 is 13.7 Å². The molecular formula is C26H31N5O3S2. The van der Waals surface area contributed by atoms with E-state index in [4.69, 9.17) is 14.1 Å². The lowest BCUT2D eigenvalue weighted by molar-refractivity contribution is 0.104. The summed E-state index contributed by atoms with van der Waals surface area (Å²) in [5.74, 6) is 1.88. The van der Waals surface area contributed by atoms with Gasteiger partial charge >= 0.3 is 0 Å². The molecule has 190 valence electrons. The zero-order valence-corrected chi connectivity index (χ0v) is 22.2. The number of carbonyl (C=O) groups is 1. The van der Waals surface area contributed by atoms with E-state index in [-0.39, 0.29) is 11.8 Å². The molecule has 3 N–H and O–H groups in total. The van der Waals surface area contributed by atoms with Crippen molar-refractivity contribution in [2.75, 3.05) is 30.5 Å². The molecule has 0 amide bonds. The van der Waals surface area contributed by atoms with Crippen LogP contribution >= 0.6 is 23.6 Å². The summed E-state index contributed by atoms with van der Waals surface area (Å²) in [7, 11) is 1.69. The van der Waals surface area contributed by atoms with Crippen molar-refractivity contribution in [3.8, 4) is 5.75 Å². The second kappa shape index (κ2) is 11.2. The highest BCUT2D eigenvalue weighted by atomic mass is 32.2. The normalized spacial score (nSPS) is 18.9. The molecule has 1 aliphatic heterocycles. The smallest absolute Gasteiger partial charge is 0.208 e. The molecule has 36 heavy (non-hydrogen) atoms. The lowest BCUT2D eigenvalue weighted by Gasteiger charge is -2.19. The van der Waals surface area contributed by atoms with E-state index < -0.39 is 0 Å². The average molecular weight is 526 g/mol. The lowest BCUT2D eigenvalue weighted by atomic mass is 10.1. The first-order valence-corrected chi connectivity index (χ1v) is 13.8. The van der Waals surface area contributed by atoms with Crippen LogP contribution in [-0.2, 0) is 17.1 Å². The Morgan fingerprint density at radius 2 is 2.22 bits per heavy atom. The van der Waals surface area contributed by atoms with E-state index in [0.29, 0.717) is 28.8 Å². The number of hydrogen-bond donors (Lipinski definition) is 2. The van der Waals surface area contributed by atoms with Gasteiger partial charge in [0.25, 0.3) is 0 Å². The van der Waals surface area contributed by atoms with Crippen LogP contribution in [-0.4, -0.2) is 42.1 Å². The van der Waals surface area contributed by atoms with Crippen molar-refractivity contribution >= 4 is 40.9 Å². The molecule has 10 heteroatoms. The zero-order valence-electron chi connectivity index (χ0n) is 20.5. The lowest BCUT2D eigenvalue weighted by Crippen LogP contribution is -2.20. The Hall–Kier alpha value is -2.66. The van der Waals surface area contributed by atoms with Crippen molar-refractivity contribution in [3.05, 3.63) is 63.2 Å². The summed E-state index contributed by atoms with van der Waals surface area (Å²) >= 11 is 2.45. The number of nitrogens with zero attached hydrogens (tertiary/aromatic N) is 3. The molecule has 8 nitrogen and oxygen atoms in total. The number of ketones is 1. The Morgan fingerprint density at radius 1 is 1.33 bits per heavy atom. The number of carbonyl (C=O) groups excluding carboxylic acids is 1. The van der Waals surface area contributed by atoms with Gasteiger partial charge in [-0.2, -0.15) is 0 Å². The van der Waals surface area contributed by atoms with Crippen LogP contribution in [0.25, 0.3) is 0 Å². The minimum atomic E-state index is -0.0432. The molecular weight excluding hydrogens is 494 g/mol. The Labute approximate surface area is 219 Å². The number of methoxy groups -OCH3 is 1. The second-order valence-electron chi connectivity index (χ2n) is 9.37. The average Bonchev–Trinajstić information content (AvgIpc) is 3.62. The maximum Gasteiger partial charge on any atom is 0.208 e. The molecule has 2 aliphatic rings. The Balaban J connectivity index is 1.30. The molecule has 3 aromatic rings. The summed E-state index contributed by atoms with van der Waals surface area (Å²) in [4.78, 5) is 26.3. The molecule has 2 unspecified atom stereocenters. The van der Waals surface area contributed by atoms with Gasteiger partial charge in [-0.15, -0.1) is 11.3 Å². The standard InChI is InChI=1S/C26H31N5O3S2/c1-16-19(13-31-8-7-18-4-6-21(33-2)11-23(18)31)10-24(35-16)25(32)22-12-28-15-29-26(22)30-20-5-3-17(9-20)14-34-36-27/h4,6,10-12,15,17,20H,3,5,7-9,13-14,27H2,1-2H3,(H,28,29,30). The number of aryl methyl sites for hydroxylation is 1. The third-order valence-electron chi connectivity index (χ3n) is 7.10. The van der Waals surface area contributed by atoms with E-state index in [1.165, 1.54) is 34.5 Å². The molecule has 1 fully saturated rings. The first-order valence-electron chi connectivity index (χ1n) is 12.2. The largest absolute Gasteiger partial charge is 0.497 e. The van der Waals surface area contributed by atoms with Crippen molar-refractivity contribution in [2.24, 2.45) is 11.1 Å². The summed E-state index contributed by atoms with van der Waals surface area (Å²) in [5.41, 5.74) is 4.22. The number of fused-ring (bicyclic) bond motifs is 1. The van der Waals surface area contributed by atoms with Crippen LogP contribution in [0.1, 0.15) is 50.5 Å². The van der Waals surface area contributed by atoms with Gasteiger partial charge in [-0.3, -0.25) is 9.93 Å². The molecule has 0 radical (unpaired) electrons.